The maximum Gasteiger partial charge on any atom is 0.111 e. The Morgan fingerprint density at radius 1 is 1.35 bits per heavy atom. The standard InChI is InChI=1S/C13H24N2O2/c1-3-7-15-8-6-14-13(15)11-12(16)5-10-17-9-4-2/h6,8,12,16H,3-5,7,9-11H2,1-2H3. The van der Waals surface area contributed by atoms with Gasteiger partial charge in [0.05, 0.1) is 6.10 Å². The van der Waals surface area contributed by atoms with Gasteiger partial charge in [-0.2, -0.15) is 0 Å². The van der Waals surface area contributed by atoms with Gasteiger partial charge >= 0.3 is 0 Å². The van der Waals surface area contributed by atoms with E-state index in [1.807, 2.05) is 6.20 Å². The maximum atomic E-state index is 9.88. The average Bonchev–Trinajstić information content (AvgIpc) is 2.73. The van der Waals surface area contributed by atoms with Crippen LogP contribution < -0.4 is 0 Å². The number of aromatic nitrogens is 2. The summed E-state index contributed by atoms with van der Waals surface area (Å²) >= 11 is 0. The van der Waals surface area contributed by atoms with Crippen LogP contribution in [-0.2, 0) is 17.7 Å². The number of hydrogen-bond donors (Lipinski definition) is 1. The first-order valence-corrected chi connectivity index (χ1v) is 6.53. The minimum absolute atomic E-state index is 0.357. The fraction of sp³-hybridized carbons (Fsp3) is 0.769. The highest BCUT2D eigenvalue weighted by Gasteiger charge is 2.09. The third-order valence-corrected chi connectivity index (χ3v) is 2.63. The van der Waals surface area contributed by atoms with Crippen LogP contribution in [0.5, 0.6) is 0 Å². The number of aliphatic hydroxyl groups excluding tert-OH is 1. The quantitative estimate of drug-likeness (QED) is 0.672. The van der Waals surface area contributed by atoms with Crippen LogP contribution in [0, 0.1) is 0 Å². The Bertz CT molecular complexity index is 299. The molecule has 1 N–H and O–H groups in total. The molecule has 1 rings (SSSR count). The molecule has 0 saturated heterocycles. The van der Waals surface area contributed by atoms with E-state index in [0.29, 0.717) is 19.4 Å². The molecule has 0 amide bonds. The van der Waals surface area contributed by atoms with Crippen molar-refractivity contribution in [3.05, 3.63) is 18.2 Å². The van der Waals surface area contributed by atoms with Crippen LogP contribution in [0.15, 0.2) is 12.4 Å². The van der Waals surface area contributed by atoms with Crippen LogP contribution >= 0.6 is 0 Å². The van der Waals surface area contributed by atoms with Gasteiger partial charge in [-0.1, -0.05) is 13.8 Å². The Labute approximate surface area is 104 Å². The lowest BCUT2D eigenvalue weighted by atomic mass is 10.2. The SMILES string of the molecule is CCCOCCC(O)Cc1nccn1CCC. The first-order chi connectivity index (χ1) is 8.27. The van der Waals surface area contributed by atoms with Gasteiger partial charge in [-0.05, 0) is 19.3 Å². The molecule has 1 unspecified atom stereocenters. The number of rotatable bonds is 9. The summed E-state index contributed by atoms with van der Waals surface area (Å²) < 4.78 is 7.47. The summed E-state index contributed by atoms with van der Waals surface area (Å²) in [5, 5.41) is 9.88. The van der Waals surface area contributed by atoms with Crippen LogP contribution in [0.3, 0.4) is 0 Å². The second kappa shape index (κ2) is 8.25. The molecular weight excluding hydrogens is 216 g/mol. The Hall–Kier alpha value is -0.870. The van der Waals surface area contributed by atoms with Crippen molar-refractivity contribution < 1.29 is 9.84 Å². The molecule has 0 aliphatic carbocycles. The highest BCUT2D eigenvalue weighted by molar-refractivity contribution is 4.94. The van der Waals surface area contributed by atoms with Gasteiger partial charge in [0.1, 0.15) is 5.82 Å². The second-order valence-electron chi connectivity index (χ2n) is 4.30. The number of hydrogen-bond acceptors (Lipinski definition) is 3. The smallest absolute Gasteiger partial charge is 0.111 e. The van der Waals surface area contributed by atoms with Gasteiger partial charge in [-0.3, -0.25) is 0 Å². The maximum absolute atomic E-state index is 9.88. The van der Waals surface area contributed by atoms with Gasteiger partial charge in [-0.15, -0.1) is 0 Å². The second-order valence-corrected chi connectivity index (χ2v) is 4.30. The zero-order valence-electron chi connectivity index (χ0n) is 10.9. The van der Waals surface area contributed by atoms with Crippen LogP contribution in [0.4, 0.5) is 0 Å². The number of aliphatic hydroxyl groups is 1. The zero-order chi connectivity index (χ0) is 12.5. The third kappa shape index (κ3) is 5.33. The predicted octanol–water partition coefficient (Wildman–Crippen LogP) is 2.01. The molecule has 0 aliphatic rings. The van der Waals surface area contributed by atoms with Crippen LogP contribution in [-0.4, -0.2) is 34.0 Å². The molecule has 0 radical (unpaired) electrons. The molecule has 0 spiro atoms. The summed E-state index contributed by atoms with van der Waals surface area (Å²) in [6.07, 6.45) is 6.81. The van der Waals surface area contributed by atoms with Gasteiger partial charge in [-0.25, -0.2) is 4.98 Å². The first-order valence-electron chi connectivity index (χ1n) is 6.53. The van der Waals surface area contributed by atoms with E-state index in [0.717, 1.165) is 31.8 Å². The molecule has 98 valence electrons. The molecule has 0 aromatic carbocycles. The third-order valence-electron chi connectivity index (χ3n) is 2.63. The predicted molar refractivity (Wildman–Crippen MR) is 68.0 cm³/mol. The summed E-state index contributed by atoms with van der Waals surface area (Å²) in [6, 6.07) is 0. The van der Waals surface area contributed by atoms with Crippen molar-refractivity contribution in [1.82, 2.24) is 9.55 Å². The highest BCUT2D eigenvalue weighted by atomic mass is 16.5. The molecule has 4 nitrogen and oxygen atoms in total. The van der Waals surface area contributed by atoms with Crippen molar-refractivity contribution in [2.75, 3.05) is 13.2 Å². The van der Waals surface area contributed by atoms with Crippen molar-refractivity contribution in [3.63, 3.8) is 0 Å². The summed E-state index contributed by atoms with van der Waals surface area (Å²) in [7, 11) is 0. The highest BCUT2D eigenvalue weighted by Crippen LogP contribution is 2.06. The van der Waals surface area contributed by atoms with Gasteiger partial charge in [0.25, 0.3) is 0 Å². The van der Waals surface area contributed by atoms with Crippen molar-refractivity contribution in [2.45, 2.75) is 52.2 Å². The topological polar surface area (TPSA) is 47.3 Å². The molecule has 1 heterocycles. The normalized spacial score (nSPS) is 12.9. The van der Waals surface area contributed by atoms with Crippen LogP contribution in [0.2, 0.25) is 0 Å². The van der Waals surface area contributed by atoms with Gasteiger partial charge in [0.15, 0.2) is 0 Å². The summed E-state index contributed by atoms with van der Waals surface area (Å²) in [6.45, 7) is 6.59. The number of nitrogens with zero attached hydrogens (tertiary/aromatic N) is 2. The van der Waals surface area contributed by atoms with E-state index in [2.05, 4.69) is 23.4 Å². The zero-order valence-corrected chi connectivity index (χ0v) is 10.9. The summed E-state index contributed by atoms with van der Waals surface area (Å²) in [4.78, 5) is 4.28. The molecule has 0 bridgehead atoms. The lowest BCUT2D eigenvalue weighted by molar-refractivity contribution is 0.0811. The molecule has 1 aromatic heterocycles. The average molecular weight is 240 g/mol. The van der Waals surface area contributed by atoms with Gasteiger partial charge in [0, 0.05) is 38.6 Å². The van der Waals surface area contributed by atoms with Crippen molar-refractivity contribution >= 4 is 0 Å². The molecule has 17 heavy (non-hydrogen) atoms. The minimum Gasteiger partial charge on any atom is -0.393 e. The minimum atomic E-state index is -0.357. The van der Waals surface area contributed by atoms with Crippen molar-refractivity contribution in [1.29, 1.82) is 0 Å². The van der Waals surface area contributed by atoms with E-state index in [-0.39, 0.29) is 6.10 Å². The molecule has 0 saturated carbocycles. The Balaban J connectivity index is 2.29. The van der Waals surface area contributed by atoms with Crippen LogP contribution in [0.25, 0.3) is 0 Å². The molecule has 0 fully saturated rings. The number of ether oxygens (including phenoxy) is 1. The van der Waals surface area contributed by atoms with E-state index in [9.17, 15) is 5.11 Å². The Morgan fingerprint density at radius 2 is 2.18 bits per heavy atom. The molecule has 4 heteroatoms. The number of imidazole rings is 1. The van der Waals surface area contributed by atoms with E-state index in [1.54, 1.807) is 6.20 Å². The monoisotopic (exact) mass is 240 g/mol. The summed E-state index contributed by atoms with van der Waals surface area (Å²) in [5.74, 6) is 0.967. The van der Waals surface area contributed by atoms with E-state index in [1.165, 1.54) is 0 Å². The van der Waals surface area contributed by atoms with Gasteiger partial charge in [0.2, 0.25) is 0 Å². The Kier molecular flexibility index (Phi) is 6.89. The van der Waals surface area contributed by atoms with Gasteiger partial charge < -0.3 is 14.4 Å². The molecule has 1 atom stereocenters. The van der Waals surface area contributed by atoms with Crippen molar-refractivity contribution in [3.8, 4) is 0 Å². The molecular formula is C13H24N2O2. The lowest BCUT2D eigenvalue weighted by Gasteiger charge is -2.12. The summed E-state index contributed by atoms with van der Waals surface area (Å²) in [5.41, 5.74) is 0. The Morgan fingerprint density at radius 3 is 2.88 bits per heavy atom. The van der Waals surface area contributed by atoms with E-state index >= 15 is 0 Å². The van der Waals surface area contributed by atoms with E-state index < -0.39 is 0 Å². The fourth-order valence-corrected chi connectivity index (χ4v) is 1.75. The van der Waals surface area contributed by atoms with Crippen molar-refractivity contribution in [2.24, 2.45) is 0 Å². The largest absolute Gasteiger partial charge is 0.393 e. The first kappa shape index (κ1) is 14.2. The fourth-order valence-electron chi connectivity index (χ4n) is 1.75. The van der Waals surface area contributed by atoms with Crippen LogP contribution in [0.1, 0.15) is 38.9 Å². The van der Waals surface area contributed by atoms with E-state index in [4.69, 9.17) is 4.74 Å². The number of aryl methyl sites for hydroxylation is 1. The molecule has 1 aromatic rings. The molecule has 0 aliphatic heterocycles. The lowest BCUT2D eigenvalue weighted by Crippen LogP contribution is -2.17.